The van der Waals surface area contributed by atoms with E-state index in [4.69, 9.17) is 13.6 Å². The van der Waals surface area contributed by atoms with Crippen LogP contribution in [0.1, 0.15) is 25.0 Å². The number of hydrogen-bond acceptors (Lipinski definition) is 4. The van der Waals surface area contributed by atoms with Crippen molar-refractivity contribution in [3.8, 4) is 0 Å². The van der Waals surface area contributed by atoms with Crippen LogP contribution in [0.5, 0.6) is 0 Å². The van der Waals surface area contributed by atoms with Crippen molar-refractivity contribution in [1.82, 2.24) is 0 Å². The first kappa shape index (κ1) is 17.9. The maximum absolute atomic E-state index is 12.8. The van der Waals surface area contributed by atoms with Crippen molar-refractivity contribution in [1.29, 1.82) is 0 Å². The van der Waals surface area contributed by atoms with Crippen molar-refractivity contribution < 1.29 is 18.1 Å². The number of rotatable bonds is 9. The molecule has 0 bridgehead atoms. The van der Waals surface area contributed by atoms with Crippen molar-refractivity contribution in [2.24, 2.45) is 5.92 Å². The highest BCUT2D eigenvalue weighted by molar-refractivity contribution is 7.48. The SMILES string of the molecule is CC(C)COP(=O)(OCc1ccccc1)OCc1ccccc1. The monoisotopic (exact) mass is 334 g/mol. The van der Waals surface area contributed by atoms with Gasteiger partial charge in [-0.2, -0.15) is 0 Å². The smallest absolute Gasteiger partial charge is 0.287 e. The van der Waals surface area contributed by atoms with Gasteiger partial charge in [-0.25, -0.2) is 4.57 Å². The second-order valence-electron chi connectivity index (χ2n) is 5.65. The summed E-state index contributed by atoms with van der Waals surface area (Å²) in [6, 6.07) is 19.1. The predicted octanol–water partition coefficient (Wildman–Crippen LogP) is 5.20. The Morgan fingerprint density at radius 1 is 0.783 bits per heavy atom. The lowest BCUT2D eigenvalue weighted by Gasteiger charge is -2.19. The summed E-state index contributed by atoms with van der Waals surface area (Å²) in [6.45, 7) is 4.66. The molecule has 0 radical (unpaired) electrons. The van der Waals surface area contributed by atoms with Crippen molar-refractivity contribution in [2.75, 3.05) is 6.61 Å². The average Bonchev–Trinajstić information content (AvgIpc) is 2.59. The maximum Gasteiger partial charge on any atom is 0.475 e. The topological polar surface area (TPSA) is 44.8 Å². The fourth-order valence-electron chi connectivity index (χ4n) is 1.81. The summed E-state index contributed by atoms with van der Waals surface area (Å²) in [7, 11) is -3.60. The molecule has 0 atom stereocenters. The molecule has 2 rings (SSSR count). The van der Waals surface area contributed by atoms with Gasteiger partial charge in [-0.05, 0) is 17.0 Å². The third-order valence-electron chi connectivity index (χ3n) is 3.03. The molecule has 124 valence electrons. The van der Waals surface area contributed by atoms with Crippen molar-refractivity contribution in [2.45, 2.75) is 27.1 Å². The van der Waals surface area contributed by atoms with E-state index in [0.717, 1.165) is 11.1 Å². The Kier molecular flexibility index (Phi) is 7.00. The van der Waals surface area contributed by atoms with E-state index >= 15 is 0 Å². The Morgan fingerprint density at radius 2 is 1.22 bits per heavy atom. The minimum absolute atomic E-state index is 0.186. The van der Waals surface area contributed by atoms with E-state index in [-0.39, 0.29) is 19.1 Å². The number of hydrogen-bond donors (Lipinski definition) is 0. The Balaban J connectivity index is 1.97. The Labute approximate surface area is 138 Å². The van der Waals surface area contributed by atoms with Gasteiger partial charge in [0.1, 0.15) is 0 Å². The van der Waals surface area contributed by atoms with E-state index in [0.29, 0.717) is 6.61 Å². The Hall–Kier alpha value is -1.45. The van der Waals surface area contributed by atoms with E-state index in [1.54, 1.807) is 0 Å². The first-order valence-corrected chi connectivity index (χ1v) is 9.15. The number of benzene rings is 2. The van der Waals surface area contributed by atoms with Gasteiger partial charge in [-0.3, -0.25) is 13.6 Å². The van der Waals surface area contributed by atoms with Crippen LogP contribution in [-0.2, 0) is 31.4 Å². The fourth-order valence-corrected chi connectivity index (χ4v) is 3.13. The van der Waals surface area contributed by atoms with Gasteiger partial charge in [0, 0.05) is 0 Å². The predicted molar refractivity (Wildman–Crippen MR) is 90.9 cm³/mol. The molecule has 0 fully saturated rings. The molecule has 4 nitrogen and oxygen atoms in total. The van der Waals surface area contributed by atoms with Crippen LogP contribution in [-0.4, -0.2) is 6.61 Å². The molecule has 23 heavy (non-hydrogen) atoms. The molecular weight excluding hydrogens is 311 g/mol. The molecule has 0 saturated carbocycles. The molecule has 0 unspecified atom stereocenters. The molecule has 0 aliphatic rings. The van der Waals surface area contributed by atoms with Crippen molar-refractivity contribution in [3.05, 3.63) is 71.8 Å². The summed E-state index contributed by atoms with van der Waals surface area (Å²) in [5.74, 6) is 0.240. The van der Waals surface area contributed by atoms with Crippen LogP contribution < -0.4 is 0 Å². The van der Waals surface area contributed by atoms with Crippen LogP contribution in [0.2, 0.25) is 0 Å². The maximum atomic E-state index is 12.8. The molecule has 0 N–H and O–H groups in total. The second kappa shape index (κ2) is 8.99. The normalized spacial score (nSPS) is 11.8. The van der Waals surface area contributed by atoms with Crippen molar-refractivity contribution in [3.63, 3.8) is 0 Å². The highest BCUT2D eigenvalue weighted by atomic mass is 31.2. The summed E-state index contributed by atoms with van der Waals surface area (Å²) in [5, 5.41) is 0. The van der Waals surface area contributed by atoms with Crippen LogP contribution in [0.4, 0.5) is 0 Å². The van der Waals surface area contributed by atoms with Gasteiger partial charge in [0.15, 0.2) is 0 Å². The van der Waals surface area contributed by atoms with Crippen LogP contribution in [0.25, 0.3) is 0 Å². The largest absolute Gasteiger partial charge is 0.475 e. The quantitative estimate of drug-likeness (QED) is 0.591. The molecule has 0 spiro atoms. The lowest BCUT2D eigenvalue weighted by molar-refractivity contribution is 0.0944. The molecule has 5 heteroatoms. The van der Waals surface area contributed by atoms with Crippen LogP contribution in [0.15, 0.2) is 60.7 Å². The zero-order chi connectivity index (χ0) is 16.5. The number of phosphoric acid groups is 1. The van der Waals surface area contributed by atoms with E-state index in [1.165, 1.54) is 0 Å². The highest BCUT2D eigenvalue weighted by Gasteiger charge is 2.27. The molecule has 2 aromatic rings. The van der Waals surface area contributed by atoms with Gasteiger partial charge in [0.25, 0.3) is 0 Å². The summed E-state index contributed by atoms with van der Waals surface area (Å²) in [5.41, 5.74) is 1.84. The third kappa shape index (κ3) is 6.67. The zero-order valence-corrected chi connectivity index (χ0v) is 14.4. The molecule has 0 amide bonds. The van der Waals surface area contributed by atoms with Crippen LogP contribution in [0.3, 0.4) is 0 Å². The Morgan fingerprint density at radius 3 is 1.61 bits per heavy atom. The van der Waals surface area contributed by atoms with E-state index in [2.05, 4.69) is 0 Å². The molecule has 0 saturated heterocycles. The molecule has 0 aliphatic heterocycles. The summed E-state index contributed by atoms with van der Waals surface area (Å²) in [4.78, 5) is 0. The second-order valence-corrected chi connectivity index (χ2v) is 7.32. The minimum atomic E-state index is -3.60. The van der Waals surface area contributed by atoms with E-state index in [1.807, 2.05) is 74.5 Å². The minimum Gasteiger partial charge on any atom is -0.287 e. The van der Waals surface area contributed by atoms with Crippen LogP contribution in [0, 0.1) is 5.92 Å². The molecule has 0 aromatic heterocycles. The lowest BCUT2D eigenvalue weighted by atomic mass is 10.2. The summed E-state index contributed by atoms with van der Waals surface area (Å²) in [6.07, 6.45) is 0. The summed E-state index contributed by atoms with van der Waals surface area (Å²) < 4.78 is 29.2. The van der Waals surface area contributed by atoms with Crippen molar-refractivity contribution >= 4 is 7.82 Å². The van der Waals surface area contributed by atoms with Gasteiger partial charge in [0.2, 0.25) is 0 Å². The van der Waals surface area contributed by atoms with Gasteiger partial charge in [-0.15, -0.1) is 0 Å². The standard InChI is InChI=1S/C18H23O4P/c1-16(2)13-20-23(19,21-14-17-9-5-3-6-10-17)22-15-18-11-7-4-8-12-18/h3-12,16H,13-15H2,1-2H3. The molecule has 0 heterocycles. The third-order valence-corrected chi connectivity index (χ3v) is 4.39. The Bertz CT molecular complexity index is 566. The molecule has 2 aromatic carbocycles. The van der Waals surface area contributed by atoms with Gasteiger partial charge in [-0.1, -0.05) is 74.5 Å². The van der Waals surface area contributed by atoms with E-state index in [9.17, 15) is 4.57 Å². The van der Waals surface area contributed by atoms with Gasteiger partial charge < -0.3 is 0 Å². The average molecular weight is 334 g/mol. The zero-order valence-electron chi connectivity index (χ0n) is 13.6. The molecular formula is C18H23O4P. The summed E-state index contributed by atoms with van der Waals surface area (Å²) >= 11 is 0. The first-order valence-electron chi connectivity index (χ1n) is 7.69. The lowest BCUT2D eigenvalue weighted by Crippen LogP contribution is -2.06. The van der Waals surface area contributed by atoms with Gasteiger partial charge >= 0.3 is 7.82 Å². The number of phosphoric ester groups is 1. The highest BCUT2D eigenvalue weighted by Crippen LogP contribution is 2.51. The fraction of sp³-hybridized carbons (Fsp3) is 0.333. The molecule has 0 aliphatic carbocycles. The first-order chi connectivity index (χ1) is 11.1. The van der Waals surface area contributed by atoms with Crippen LogP contribution >= 0.6 is 7.82 Å². The van der Waals surface area contributed by atoms with Gasteiger partial charge in [0.05, 0.1) is 19.8 Å². The van der Waals surface area contributed by atoms with E-state index < -0.39 is 7.82 Å².